The monoisotopic (exact) mass is 453 g/mol. The van der Waals surface area contributed by atoms with Gasteiger partial charge in [-0.25, -0.2) is 14.2 Å². The zero-order valence-electron chi connectivity index (χ0n) is 18.7. The van der Waals surface area contributed by atoms with Gasteiger partial charge in [-0.2, -0.15) is 10.2 Å². The Morgan fingerprint density at radius 2 is 2.09 bits per heavy atom. The van der Waals surface area contributed by atoms with Crippen LogP contribution in [-0.4, -0.2) is 58.4 Å². The highest BCUT2D eigenvalue weighted by atomic mass is 19.1. The number of halogens is 1. The Bertz CT molecular complexity index is 1070. The third kappa shape index (κ3) is 4.29. The number of anilines is 1. The Kier molecular flexibility index (Phi) is 5.74. The Hall–Kier alpha value is -3.06. The highest BCUT2D eigenvalue weighted by Crippen LogP contribution is 2.44. The number of rotatable bonds is 4. The molecule has 0 bridgehead atoms. The van der Waals surface area contributed by atoms with Crippen molar-refractivity contribution in [3.63, 3.8) is 0 Å². The van der Waals surface area contributed by atoms with E-state index in [4.69, 9.17) is 4.52 Å². The molecule has 4 heterocycles. The highest BCUT2D eigenvalue weighted by molar-refractivity contribution is 5.91. The van der Waals surface area contributed by atoms with Crippen LogP contribution in [0.1, 0.15) is 73.8 Å². The number of amides is 2. The number of piperidine rings is 2. The lowest BCUT2D eigenvalue weighted by Crippen LogP contribution is -2.46. The van der Waals surface area contributed by atoms with Gasteiger partial charge in [0.2, 0.25) is 5.89 Å². The summed E-state index contributed by atoms with van der Waals surface area (Å²) in [6, 6.07) is 3.80. The summed E-state index contributed by atoms with van der Waals surface area (Å²) in [5.74, 6) is 0.988. The minimum Gasteiger partial charge on any atom is -0.339 e. The van der Waals surface area contributed by atoms with Gasteiger partial charge in [0.25, 0.3) is 0 Å². The van der Waals surface area contributed by atoms with Crippen molar-refractivity contribution in [1.82, 2.24) is 25.3 Å². The minimum atomic E-state index is -0.878. The van der Waals surface area contributed by atoms with Crippen LogP contribution in [0.15, 0.2) is 16.8 Å². The van der Waals surface area contributed by atoms with E-state index in [1.807, 2.05) is 6.07 Å². The van der Waals surface area contributed by atoms with E-state index in [1.165, 1.54) is 0 Å². The van der Waals surface area contributed by atoms with Gasteiger partial charge in [0.15, 0.2) is 11.5 Å². The maximum absolute atomic E-state index is 13.3. The lowest BCUT2D eigenvalue weighted by atomic mass is 9.79. The molecule has 2 aromatic rings. The third-order valence-corrected chi connectivity index (χ3v) is 7.27. The van der Waals surface area contributed by atoms with E-state index in [9.17, 15) is 14.4 Å². The van der Waals surface area contributed by atoms with E-state index in [-0.39, 0.29) is 29.0 Å². The number of aromatic nitrogens is 3. The first-order chi connectivity index (χ1) is 16.0. The van der Waals surface area contributed by atoms with Gasteiger partial charge in [-0.1, -0.05) is 12.1 Å². The molecule has 2 saturated heterocycles. The van der Waals surface area contributed by atoms with Gasteiger partial charge in [-0.05, 0) is 62.7 Å². The van der Waals surface area contributed by atoms with Crippen LogP contribution in [0, 0.1) is 11.3 Å². The fourth-order valence-corrected chi connectivity index (χ4v) is 4.83. The van der Waals surface area contributed by atoms with Crippen molar-refractivity contribution in [2.45, 2.75) is 62.5 Å². The summed E-state index contributed by atoms with van der Waals surface area (Å²) in [7, 11) is 0. The molecule has 1 aliphatic carbocycles. The first-order valence-electron chi connectivity index (χ1n) is 11.6. The Morgan fingerprint density at radius 1 is 1.36 bits per heavy atom. The van der Waals surface area contributed by atoms with Crippen molar-refractivity contribution in [3.05, 3.63) is 35.2 Å². The molecule has 2 N–H and O–H groups in total. The van der Waals surface area contributed by atoms with E-state index in [0.717, 1.165) is 31.5 Å². The van der Waals surface area contributed by atoms with Crippen molar-refractivity contribution in [2.75, 3.05) is 31.5 Å². The first-order valence-corrected chi connectivity index (χ1v) is 11.6. The number of carbonyl (C=O) groups excluding carboxylic acids is 1. The second-order valence-corrected chi connectivity index (χ2v) is 9.55. The van der Waals surface area contributed by atoms with E-state index in [1.54, 1.807) is 11.1 Å². The summed E-state index contributed by atoms with van der Waals surface area (Å²) in [6.45, 7) is 4.92. The number of nitrogens with zero attached hydrogens (tertiary/aromatic N) is 5. The van der Waals surface area contributed by atoms with Gasteiger partial charge in [-0.15, -0.1) is 0 Å². The molecule has 174 valence electrons. The summed E-state index contributed by atoms with van der Waals surface area (Å²) in [5, 5.41) is 20.0. The molecule has 10 heteroatoms. The molecule has 0 unspecified atom stereocenters. The first kappa shape index (κ1) is 21.8. The Balaban J connectivity index is 1.26. The number of pyridine rings is 1. The van der Waals surface area contributed by atoms with E-state index in [2.05, 4.69) is 38.8 Å². The summed E-state index contributed by atoms with van der Waals surface area (Å²) in [5.41, 5.74) is 1.42. The third-order valence-electron chi connectivity index (χ3n) is 7.27. The molecular formula is C23H28FN7O2. The van der Waals surface area contributed by atoms with Gasteiger partial charge in [-0.3, -0.25) is 0 Å². The zero-order chi connectivity index (χ0) is 23.0. The molecule has 0 radical (unpaired) electrons. The van der Waals surface area contributed by atoms with Gasteiger partial charge in [0.1, 0.15) is 12.2 Å². The van der Waals surface area contributed by atoms with Crippen LogP contribution in [0.4, 0.5) is 14.9 Å². The number of nitrogens with one attached hydrogen (secondary N) is 2. The normalized spacial score (nSPS) is 24.8. The summed E-state index contributed by atoms with van der Waals surface area (Å²) in [4.78, 5) is 23.5. The van der Waals surface area contributed by atoms with Crippen LogP contribution >= 0.6 is 0 Å². The fraction of sp³-hybridized carbons (Fsp3) is 0.609. The average molecular weight is 454 g/mol. The number of hydrogen-bond acceptors (Lipinski definition) is 7. The van der Waals surface area contributed by atoms with Crippen LogP contribution in [0.3, 0.4) is 0 Å². The standard InChI is InChI=1S/C23H28FN7O2/c1-23(21-29-20(33-30-21)16-12-17(16)24)5-10-31(11-6-23)22(32)28-19-15(4-9-27-18(19)13-25)14-2-7-26-8-3-14/h4,9,14,16-17,26H,2-3,5-8,10-12H2,1H3,(H,28,32)/t16-,17+/m1/s1. The van der Waals surface area contributed by atoms with Gasteiger partial charge >= 0.3 is 6.03 Å². The molecule has 2 amide bonds. The van der Waals surface area contributed by atoms with Crippen LogP contribution in [0.5, 0.6) is 0 Å². The Morgan fingerprint density at radius 3 is 2.76 bits per heavy atom. The second-order valence-electron chi connectivity index (χ2n) is 9.55. The number of nitriles is 1. The van der Waals surface area contributed by atoms with Crippen molar-refractivity contribution in [2.24, 2.45) is 0 Å². The quantitative estimate of drug-likeness (QED) is 0.729. The van der Waals surface area contributed by atoms with Crippen LogP contribution in [0.25, 0.3) is 0 Å². The number of urea groups is 1. The Labute approximate surface area is 191 Å². The predicted molar refractivity (Wildman–Crippen MR) is 118 cm³/mol. The van der Waals surface area contributed by atoms with Crippen LogP contribution < -0.4 is 10.6 Å². The highest BCUT2D eigenvalue weighted by Gasteiger charge is 2.45. The molecule has 3 aliphatic rings. The maximum Gasteiger partial charge on any atom is 0.321 e. The van der Waals surface area contributed by atoms with Crippen molar-refractivity contribution < 1.29 is 13.7 Å². The molecule has 0 aromatic carbocycles. The van der Waals surface area contributed by atoms with Crippen LogP contribution in [0.2, 0.25) is 0 Å². The largest absolute Gasteiger partial charge is 0.339 e. The number of alkyl halides is 1. The number of likely N-dealkylation sites (tertiary alicyclic amines) is 1. The summed E-state index contributed by atoms with van der Waals surface area (Å²) >= 11 is 0. The smallest absolute Gasteiger partial charge is 0.321 e. The lowest BCUT2D eigenvalue weighted by molar-refractivity contribution is 0.169. The van der Waals surface area contributed by atoms with E-state index >= 15 is 0 Å². The van der Waals surface area contributed by atoms with Gasteiger partial charge in [0.05, 0.1) is 11.6 Å². The second kappa shape index (κ2) is 8.71. The van der Waals surface area contributed by atoms with E-state index < -0.39 is 6.17 Å². The molecule has 3 fully saturated rings. The van der Waals surface area contributed by atoms with Crippen LogP contribution in [-0.2, 0) is 5.41 Å². The molecule has 2 atom stereocenters. The molecule has 9 nitrogen and oxygen atoms in total. The lowest BCUT2D eigenvalue weighted by Gasteiger charge is -2.37. The molecule has 5 rings (SSSR count). The zero-order valence-corrected chi connectivity index (χ0v) is 18.7. The number of hydrogen-bond donors (Lipinski definition) is 2. The molecule has 1 saturated carbocycles. The molecular weight excluding hydrogens is 425 g/mol. The molecule has 2 aromatic heterocycles. The predicted octanol–water partition coefficient (Wildman–Crippen LogP) is 3.21. The summed E-state index contributed by atoms with van der Waals surface area (Å²) < 4.78 is 18.6. The maximum atomic E-state index is 13.3. The SMILES string of the molecule is CC1(c2noc([C@@H]3C[C@@H]3F)n2)CCN(C(=O)Nc2c(C3CCNCC3)ccnc2C#N)CC1. The van der Waals surface area contributed by atoms with E-state index in [0.29, 0.717) is 49.8 Å². The molecule has 2 aliphatic heterocycles. The van der Waals surface area contributed by atoms with Gasteiger partial charge < -0.3 is 20.1 Å². The average Bonchev–Trinajstić information content (AvgIpc) is 3.36. The molecule has 33 heavy (non-hydrogen) atoms. The van der Waals surface area contributed by atoms with Crippen molar-refractivity contribution in [3.8, 4) is 6.07 Å². The fourth-order valence-electron chi connectivity index (χ4n) is 4.83. The number of carbonyl (C=O) groups is 1. The van der Waals surface area contributed by atoms with Crippen molar-refractivity contribution >= 4 is 11.7 Å². The van der Waals surface area contributed by atoms with Gasteiger partial charge in [0, 0.05) is 24.7 Å². The van der Waals surface area contributed by atoms with Crippen molar-refractivity contribution in [1.29, 1.82) is 5.26 Å². The molecule has 0 spiro atoms. The topological polar surface area (TPSA) is 120 Å². The summed E-state index contributed by atoms with van der Waals surface area (Å²) in [6.07, 6.45) is 4.46. The minimum absolute atomic E-state index is 0.233.